The molecule has 2 aromatic rings. The highest BCUT2D eigenvalue weighted by Crippen LogP contribution is 2.41. The molecule has 0 heterocycles. The Morgan fingerprint density at radius 2 is 1.48 bits per heavy atom. The van der Waals surface area contributed by atoms with Gasteiger partial charge in [-0.1, -0.05) is 66.7 Å². The van der Waals surface area contributed by atoms with Gasteiger partial charge in [-0.05, 0) is 17.5 Å². The van der Waals surface area contributed by atoms with Crippen LogP contribution in [-0.4, -0.2) is 0 Å². The van der Waals surface area contributed by atoms with Crippen molar-refractivity contribution in [3.8, 4) is 12.1 Å². The van der Waals surface area contributed by atoms with Crippen LogP contribution in [0.5, 0.6) is 0 Å². The van der Waals surface area contributed by atoms with Crippen molar-refractivity contribution in [2.75, 3.05) is 0 Å². The highest BCUT2D eigenvalue weighted by atomic mass is 14.4. The summed E-state index contributed by atoms with van der Waals surface area (Å²) in [6, 6.07) is 24.8. The first-order chi connectivity index (χ1) is 11.3. The molecule has 114 valence electrons. The molecule has 0 unspecified atom stereocenters. The summed E-state index contributed by atoms with van der Waals surface area (Å²) in [6.45, 7) is 3.79. The maximum Gasteiger partial charge on any atom is 0.0665 e. The number of allylic oxidation sites excluding steroid dienone is 1. The largest absolute Gasteiger partial charge is 0.198 e. The molecule has 0 bridgehead atoms. The van der Waals surface area contributed by atoms with E-state index in [1.165, 1.54) is 0 Å². The average Bonchev–Trinajstić information content (AvgIpc) is 2.62. The van der Waals surface area contributed by atoms with Gasteiger partial charge in [-0.3, -0.25) is 0 Å². The molecular weight excluding hydrogens is 280 g/mol. The van der Waals surface area contributed by atoms with Gasteiger partial charge in [0.2, 0.25) is 0 Å². The van der Waals surface area contributed by atoms with Crippen molar-refractivity contribution in [2.24, 2.45) is 5.92 Å². The molecule has 2 heteroatoms. The van der Waals surface area contributed by atoms with E-state index in [0.717, 1.165) is 11.1 Å². The Kier molecular flexibility index (Phi) is 6.16. The van der Waals surface area contributed by atoms with Crippen LogP contribution in [0, 0.1) is 28.6 Å². The molecule has 0 fully saturated rings. The van der Waals surface area contributed by atoms with Gasteiger partial charge in [0.05, 0.1) is 18.1 Å². The first kappa shape index (κ1) is 16.5. The number of nitrogens with zero attached hydrogens (tertiary/aromatic N) is 2. The Hall–Kier alpha value is -2.84. The molecule has 2 nitrogen and oxygen atoms in total. The predicted molar refractivity (Wildman–Crippen MR) is 92.5 cm³/mol. The van der Waals surface area contributed by atoms with Crippen LogP contribution in [0.3, 0.4) is 0 Å². The van der Waals surface area contributed by atoms with Crippen LogP contribution < -0.4 is 0 Å². The van der Waals surface area contributed by atoms with Gasteiger partial charge in [-0.25, -0.2) is 0 Å². The average molecular weight is 300 g/mol. The Morgan fingerprint density at radius 3 is 1.96 bits per heavy atom. The van der Waals surface area contributed by atoms with Crippen molar-refractivity contribution in [2.45, 2.75) is 24.7 Å². The topological polar surface area (TPSA) is 47.6 Å². The van der Waals surface area contributed by atoms with Crippen LogP contribution >= 0.6 is 0 Å². The molecule has 0 aliphatic heterocycles. The summed E-state index contributed by atoms with van der Waals surface area (Å²) in [5.74, 6) is -0.233. The minimum Gasteiger partial charge on any atom is -0.198 e. The summed E-state index contributed by atoms with van der Waals surface area (Å²) in [5.41, 5.74) is 2.21. The molecule has 23 heavy (non-hydrogen) atoms. The lowest BCUT2D eigenvalue weighted by Gasteiger charge is -2.29. The molecule has 0 aliphatic rings. The van der Waals surface area contributed by atoms with Gasteiger partial charge >= 0.3 is 0 Å². The summed E-state index contributed by atoms with van der Waals surface area (Å²) in [4.78, 5) is 0. The van der Waals surface area contributed by atoms with Crippen LogP contribution in [0.4, 0.5) is 0 Å². The van der Waals surface area contributed by atoms with E-state index in [1.54, 1.807) is 6.08 Å². The first-order valence-electron chi connectivity index (χ1n) is 7.79. The molecular formula is C21H20N2. The Bertz CT molecular complexity index is 692. The highest BCUT2D eigenvalue weighted by molar-refractivity contribution is 5.31. The lowest BCUT2D eigenvalue weighted by molar-refractivity contribution is 0.439. The molecule has 0 aliphatic carbocycles. The van der Waals surface area contributed by atoms with E-state index in [9.17, 15) is 10.5 Å². The van der Waals surface area contributed by atoms with Crippen molar-refractivity contribution in [3.63, 3.8) is 0 Å². The van der Waals surface area contributed by atoms with E-state index in [4.69, 9.17) is 0 Å². The monoisotopic (exact) mass is 300 g/mol. The summed E-state index contributed by atoms with van der Waals surface area (Å²) in [6.07, 6.45) is 2.79. The fourth-order valence-corrected chi connectivity index (χ4v) is 3.13. The molecule has 0 N–H and O–H groups in total. The van der Waals surface area contributed by atoms with E-state index in [-0.39, 0.29) is 17.8 Å². The van der Waals surface area contributed by atoms with Gasteiger partial charge < -0.3 is 0 Å². The van der Waals surface area contributed by atoms with Gasteiger partial charge in [0.25, 0.3) is 0 Å². The maximum absolute atomic E-state index is 9.67. The third-order valence-corrected chi connectivity index (χ3v) is 4.18. The minimum absolute atomic E-state index is 0.00630. The standard InChI is InChI=1S/C21H20N2/c1-2-9-19(16-23)21(18-12-7-4-8-13-18)20(14-15-22)17-10-5-3-6-11-17/h2-8,10-13,19-21H,1,9,14H2/t19-,20-,21+/m0/s1. The third-order valence-electron chi connectivity index (χ3n) is 4.18. The van der Waals surface area contributed by atoms with E-state index < -0.39 is 0 Å². The SMILES string of the molecule is C=CC[C@@H](C#N)[C@@H](c1ccccc1)[C@@H](CC#N)c1ccccc1. The third kappa shape index (κ3) is 4.09. The van der Waals surface area contributed by atoms with Gasteiger partial charge in [-0.2, -0.15) is 10.5 Å². The van der Waals surface area contributed by atoms with E-state index in [1.807, 2.05) is 60.7 Å². The quantitative estimate of drug-likeness (QED) is 0.661. The Labute approximate surface area is 138 Å². The molecule has 2 rings (SSSR count). The maximum atomic E-state index is 9.67. The molecule has 2 aromatic carbocycles. The predicted octanol–water partition coefficient (Wildman–Crippen LogP) is 5.18. The number of hydrogen-bond acceptors (Lipinski definition) is 2. The molecule has 0 saturated carbocycles. The fraction of sp³-hybridized carbons (Fsp3) is 0.238. The van der Waals surface area contributed by atoms with E-state index >= 15 is 0 Å². The molecule has 0 spiro atoms. The number of benzene rings is 2. The number of nitriles is 2. The minimum atomic E-state index is -0.201. The van der Waals surface area contributed by atoms with Crippen LogP contribution in [0.1, 0.15) is 35.8 Å². The summed E-state index contributed by atoms with van der Waals surface area (Å²) in [7, 11) is 0. The Balaban J connectivity index is 2.51. The first-order valence-corrected chi connectivity index (χ1v) is 7.79. The van der Waals surface area contributed by atoms with Gasteiger partial charge in [0, 0.05) is 18.3 Å². The zero-order valence-electron chi connectivity index (χ0n) is 13.1. The zero-order chi connectivity index (χ0) is 16.5. The lowest BCUT2D eigenvalue weighted by atomic mass is 9.72. The van der Waals surface area contributed by atoms with E-state index in [0.29, 0.717) is 12.8 Å². The van der Waals surface area contributed by atoms with Crippen molar-refractivity contribution in [1.82, 2.24) is 0 Å². The normalized spacial score (nSPS) is 14.0. The summed E-state index contributed by atoms with van der Waals surface area (Å²) >= 11 is 0. The van der Waals surface area contributed by atoms with Gasteiger partial charge in [0.1, 0.15) is 0 Å². The fourth-order valence-electron chi connectivity index (χ4n) is 3.13. The van der Waals surface area contributed by atoms with E-state index in [2.05, 4.69) is 18.7 Å². The highest BCUT2D eigenvalue weighted by Gasteiger charge is 2.31. The van der Waals surface area contributed by atoms with Crippen molar-refractivity contribution in [3.05, 3.63) is 84.4 Å². The second-order valence-electron chi connectivity index (χ2n) is 5.58. The Morgan fingerprint density at radius 1 is 0.913 bits per heavy atom. The molecule has 0 amide bonds. The molecule has 0 saturated heterocycles. The number of rotatable bonds is 7. The second-order valence-corrected chi connectivity index (χ2v) is 5.58. The molecule has 0 aromatic heterocycles. The lowest BCUT2D eigenvalue weighted by Crippen LogP contribution is -2.19. The zero-order valence-corrected chi connectivity index (χ0v) is 13.1. The van der Waals surface area contributed by atoms with Crippen molar-refractivity contribution >= 4 is 0 Å². The van der Waals surface area contributed by atoms with Crippen LogP contribution in [-0.2, 0) is 0 Å². The number of hydrogen-bond donors (Lipinski definition) is 0. The summed E-state index contributed by atoms with van der Waals surface area (Å²) < 4.78 is 0. The molecule has 3 atom stereocenters. The van der Waals surface area contributed by atoms with Crippen LogP contribution in [0.2, 0.25) is 0 Å². The van der Waals surface area contributed by atoms with Crippen LogP contribution in [0.15, 0.2) is 73.3 Å². The summed E-state index contributed by atoms with van der Waals surface area (Å²) in [5, 5.41) is 19.0. The van der Waals surface area contributed by atoms with Crippen molar-refractivity contribution < 1.29 is 0 Å². The van der Waals surface area contributed by atoms with Crippen LogP contribution in [0.25, 0.3) is 0 Å². The molecule has 0 radical (unpaired) electrons. The van der Waals surface area contributed by atoms with Crippen molar-refractivity contribution in [1.29, 1.82) is 10.5 Å². The van der Waals surface area contributed by atoms with Gasteiger partial charge in [0.15, 0.2) is 0 Å². The second kappa shape index (κ2) is 8.57. The smallest absolute Gasteiger partial charge is 0.0665 e. The van der Waals surface area contributed by atoms with Gasteiger partial charge in [-0.15, -0.1) is 6.58 Å².